The van der Waals surface area contributed by atoms with E-state index in [1.54, 1.807) is 11.9 Å². The lowest BCUT2D eigenvalue weighted by Crippen LogP contribution is -2.40. The van der Waals surface area contributed by atoms with Crippen LogP contribution in [0.15, 0.2) is 35.4 Å². The molecule has 0 radical (unpaired) electrons. The highest BCUT2D eigenvalue weighted by Gasteiger charge is 2.14. The van der Waals surface area contributed by atoms with Crippen LogP contribution in [-0.4, -0.2) is 44.3 Å². The van der Waals surface area contributed by atoms with Gasteiger partial charge in [-0.2, -0.15) is 5.10 Å². The van der Waals surface area contributed by atoms with Gasteiger partial charge in [-0.15, -0.1) is 0 Å². The minimum Gasteiger partial charge on any atom is -0.318 e. The number of hydrogen-bond donors (Lipinski definition) is 2. The number of aryl methyl sites for hydroxylation is 1. The van der Waals surface area contributed by atoms with Crippen molar-refractivity contribution in [2.24, 2.45) is 5.10 Å². The second-order valence-electron chi connectivity index (χ2n) is 4.26. The molecule has 0 heterocycles. The Labute approximate surface area is 114 Å². The number of rotatable bonds is 9. The maximum absolute atomic E-state index is 11.1. The summed E-state index contributed by atoms with van der Waals surface area (Å²) < 4.78 is 0. The summed E-state index contributed by atoms with van der Waals surface area (Å²) in [6.07, 6.45) is 4.16. The molecule has 0 unspecified atom stereocenters. The van der Waals surface area contributed by atoms with Gasteiger partial charge in [0, 0.05) is 13.6 Å². The van der Waals surface area contributed by atoms with E-state index in [1.165, 1.54) is 11.9 Å². The van der Waals surface area contributed by atoms with E-state index >= 15 is 0 Å². The molecule has 2 N–H and O–H groups in total. The molecular formula is C14H22N4O. The van der Waals surface area contributed by atoms with Crippen molar-refractivity contribution in [1.29, 1.82) is 0 Å². The molecule has 0 aliphatic rings. The third-order valence-corrected chi connectivity index (χ3v) is 2.91. The summed E-state index contributed by atoms with van der Waals surface area (Å²) in [5.74, 6) is 0. The van der Waals surface area contributed by atoms with Crippen LogP contribution in [0, 0.1) is 0 Å². The average Bonchev–Trinajstić information content (AvgIpc) is 2.46. The van der Waals surface area contributed by atoms with Crippen molar-refractivity contribution < 1.29 is 4.79 Å². The molecule has 1 aromatic rings. The van der Waals surface area contributed by atoms with E-state index in [0.29, 0.717) is 0 Å². The third-order valence-electron chi connectivity index (χ3n) is 2.91. The van der Waals surface area contributed by atoms with Gasteiger partial charge < -0.3 is 10.7 Å². The van der Waals surface area contributed by atoms with Crippen LogP contribution in [0.1, 0.15) is 12.0 Å². The lowest BCUT2D eigenvalue weighted by atomic mass is 10.0. The predicted octanol–water partition coefficient (Wildman–Crippen LogP) is 0.828. The summed E-state index contributed by atoms with van der Waals surface area (Å²) in [5.41, 5.74) is 3.93. The Morgan fingerprint density at radius 2 is 2.05 bits per heavy atom. The molecule has 0 spiro atoms. The van der Waals surface area contributed by atoms with Gasteiger partial charge in [0.05, 0.1) is 6.04 Å². The normalized spacial score (nSPS) is 12.3. The summed E-state index contributed by atoms with van der Waals surface area (Å²) in [7, 11) is 3.59. The molecule has 1 rings (SSSR count). The smallest absolute Gasteiger partial charge is 0.215 e. The topological polar surface area (TPSA) is 56.7 Å². The third kappa shape index (κ3) is 5.52. The number of benzene rings is 1. The molecule has 104 valence electrons. The molecule has 0 aliphatic carbocycles. The largest absolute Gasteiger partial charge is 0.318 e. The molecular weight excluding hydrogens is 240 g/mol. The second-order valence-corrected chi connectivity index (χ2v) is 4.26. The SMILES string of the molecule is CNC[C@H](CCc1ccccc1)N(C=O)/C=N\NC. The summed E-state index contributed by atoms with van der Waals surface area (Å²) in [6, 6.07) is 10.4. The maximum atomic E-state index is 11.1. The van der Waals surface area contributed by atoms with Crippen molar-refractivity contribution in [2.75, 3.05) is 20.6 Å². The van der Waals surface area contributed by atoms with Crippen molar-refractivity contribution in [3.05, 3.63) is 35.9 Å². The molecule has 0 saturated heterocycles. The second kappa shape index (κ2) is 9.10. The Morgan fingerprint density at radius 1 is 1.32 bits per heavy atom. The van der Waals surface area contributed by atoms with Crippen LogP contribution in [-0.2, 0) is 11.2 Å². The summed E-state index contributed by atoms with van der Waals surface area (Å²) >= 11 is 0. The monoisotopic (exact) mass is 262 g/mol. The molecule has 1 amide bonds. The van der Waals surface area contributed by atoms with Crippen molar-refractivity contribution in [1.82, 2.24) is 15.6 Å². The highest BCUT2D eigenvalue weighted by Crippen LogP contribution is 2.08. The number of likely N-dealkylation sites (N-methyl/N-ethyl adjacent to an activating group) is 1. The Bertz CT molecular complexity index is 380. The highest BCUT2D eigenvalue weighted by atomic mass is 16.1. The highest BCUT2D eigenvalue weighted by molar-refractivity contribution is 5.72. The molecule has 0 aromatic heterocycles. The van der Waals surface area contributed by atoms with Crippen molar-refractivity contribution >= 4 is 12.7 Å². The van der Waals surface area contributed by atoms with Gasteiger partial charge in [-0.05, 0) is 25.5 Å². The van der Waals surface area contributed by atoms with E-state index < -0.39 is 0 Å². The predicted molar refractivity (Wildman–Crippen MR) is 77.9 cm³/mol. The van der Waals surface area contributed by atoms with Crippen LogP contribution in [0.3, 0.4) is 0 Å². The first-order valence-electron chi connectivity index (χ1n) is 6.43. The molecule has 0 aliphatic heterocycles. The summed E-state index contributed by atoms with van der Waals surface area (Å²) in [4.78, 5) is 12.7. The first-order valence-corrected chi connectivity index (χ1v) is 6.43. The lowest BCUT2D eigenvalue weighted by Gasteiger charge is -2.24. The molecule has 1 atom stereocenters. The van der Waals surface area contributed by atoms with Gasteiger partial charge in [-0.3, -0.25) is 9.69 Å². The fourth-order valence-electron chi connectivity index (χ4n) is 1.90. The fraction of sp³-hybridized carbons (Fsp3) is 0.429. The number of carbonyl (C=O) groups excluding carboxylic acids is 1. The number of nitrogens with zero attached hydrogens (tertiary/aromatic N) is 2. The number of nitrogens with one attached hydrogen (secondary N) is 2. The van der Waals surface area contributed by atoms with E-state index in [1.807, 2.05) is 25.2 Å². The van der Waals surface area contributed by atoms with E-state index in [0.717, 1.165) is 25.8 Å². The van der Waals surface area contributed by atoms with Gasteiger partial charge in [-0.25, -0.2) is 0 Å². The van der Waals surface area contributed by atoms with Gasteiger partial charge in [0.15, 0.2) is 0 Å². The van der Waals surface area contributed by atoms with E-state index in [2.05, 4.69) is 28.0 Å². The van der Waals surface area contributed by atoms with Gasteiger partial charge >= 0.3 is 0 Å². The van der Waals surface area contributed by atoms with Crippen LogP contribution in [0.5, 0.6) is 0 Å². The number of carbonyl (C=O) groups is 1. The molecule has 5 nitrogen and oxygen atoms in total. The summed E-state index contributed by atoms with van der Waals surface area (Å²) in [5, 5.41) is 7.01. The Hall–Kier alpha value is -1.88. The zero-order chi connectivity index (χ0) is 13.9. The molecule has 19 heavy (non-hydrogen) atoms. The first-order chi connectivity index (χ1) is 9.31. The number of hydrogen-bond acceptors (Lipinski definition) is 4. The fourth-order valence-corrected chi connectivity index (χ4v) is 1.90. The van der Waals surface area contributed by atoms with Crippen molar-refractivity contribution in [3.63, 3.8) is 0 Å². The van der Waals surface area contributed by atoms with E-state index in [9.17, 15) is 4.79 Å². The Morgan fingerprint density at radius 3 is 2.63 bits per heavy atom. The standard InChI is InChI=1S/C14H22N4O/c1-15-10-14(18(12-19)11-17-16-2)9-8-13-6-4-3-5-7-13/h3-7,11-12,14-16H,8-10H2,1-2H3/b17-11-/t14-/m0/s1. The molecule has 0 bridgehead atoms. The zero-order valence-electron chi connectivity index (χ0n) is 11.5. The van der Waals surface area contributed by atoms with Crippen LogP contribution in [0.2, 0.25) is 0 Å². The maximum Gasteiger partial charge on any atom is 0.215 e. The number of amides is 1. The van der Waals surface area contributed by atoms with Crippen molar-refractivity contribution in [2.45, 2.75) is 18.9 Å². The van der Waals surface area contributed by atoms with Gasteiger partial charge in [0.1, 0.15) is 6.34 Å². The van der Waals surface area contributed by atoms with E-state index in [4.69, 9.17) is 0 Å². The van der Waals surface area contributed by atoms with Gasteiger partial charge in [-0.1, -0.05) is 30.3 Å². The van der Waals surface area contributed by atoms with Crippen molar-refractivity contribution in [3.8, 4) is 0 Å². The minimum atomic E-state index is 0.0970. The summed E-state index contributed by atoms with van der Waals surface area (Å²) in [6.45, 7) is 0.737. The molecule has 0 fully saturated rings. The zero-order valence-corrected chi connectivity index (χ0v) is 11.5. The van der Waals surface area contributed by atoms with Crippen LogP contribution < -0.4 is 10.7 Å². The van der Waals surface area contributed by atoms with Crippen LogP contribution >= 0.6 is 0 Å². The Balaban J connectivity index is 2.60. The quantitative estimate of drug-likeness (QED) is 0.300. The average molecular weight is 262 g/mol. The van der Waals surface area contributed by atoms with Gasteiger partial charge in [0.2, 0.25) is 6.41 Å². The van der Waals surface area contributed by atoms with Crippen LogP contribution in [0.25, 0.3) is 0 Å². The van der Waals surface area contributed by atoms with E-state index in [-0.39, 0.29) is 6.04 Å². The first kappa shape index (κ1) is 15.2. The minimum absolute atomic E-state index is 0.0970. The number of hydrazone groups is 1. The lowest BCUT2D eigenvalue weighted by molar-refractivity contribution is -0.116. The molecule has 0 saturated carbocycles. The molecule has 1 aromatic carbocycles. The van der Waals surface area contributed by atoms with Gasteiger partial charge in [0.25, 0.3) is 0 Å². The Kier molecular flexibility index (Phi) is 7.27. The molecule has 5 heteroatoms. The van der Waals surface area contributed by atoms with Crippen LogP contribution in [0.4, 0.5) is 0 Å².